The number of anilines is 2. The highest BCUT2D eigenvalue weighted by Gasteiger charge is 2.68. The predicted octanol–water partition coefficient (Wildman–Crippen LogP) is 6.24. The molecule has 2 aromatic carbocycles. The van der Waals surface area contributed by atoms with E-state index in [1.165, 1.54) is 19.3 Å². The molecule has 1 aromatic heterocycles. The second-order valence-electron chi connectivity index (χ2n) is 10.6. The molecule has 3 N–H and O–H groups in total. The molecule has 39 heavy (non-hydrogen) atoms. The van der Waals surface area contributed by atoms with Gasteiger partial charge in [0.15, 0.2) is 0 Å². The smallest absolute Gasteiger partial charge is 0.352 e. The zero-order chi connectivity index (χ0) is 27.8. The molecule has 0 saturated heterocycles. The Bertz CT molecular complexity index is 1390. The number of rotatable bonds is 8. The predicted molar refractivity (Wildman–Crippen MR) is 144 cm³/mol. The summed E-state index contributed by atoms with van der Waals surface area (Å²) in [5.41, 5.74) is 0.785. The normalized spacial score (nSPS) is 17.2. The van der Waals surface area contributed by atoms with Crippen LogP contribution in [0.4, 0.5) is 24.8 Å². The van der Waals surface area contributed by atoms with Gasteiger partial charge in [-0.2, -0.15) is 13.2 Å². The standard InChI is InChI=1S/C28H31ClF3N5O2/c1-37-23-10-8-19(24(38)33-15-17-5-3-2-4-6-17)14-22(23)36-26(37)35-21-13-18(7-9-20(21)29)16-34-25(39)27(11-12-27)28(30,31)32/h7-10,13-14,17H,2-6,11-12,15-16H2,1H3,(H,33,38)(H,34,39)(H,35,36). The van der Waals surface area contributed by atoms with Crippen molar-refractivity contribution >= 4 is 46.1 Å². The van der Waals surface area contributed by atoms with Crippen molar-refractivity contribution in [1.82, 2.24) is 20.2 Å². The number of imidazole rings is 1. The van der Waals surface area contributed by atoms with E-state index in [4.69, 9.17) is 11.6 Å². The van der Waals surface area contributed by atoms with Crippen LogP contribution in [0, 0.1) is 11.3 Å². The quantitative estimate of drug-likeness (QED) is 0.304. The van der Waals surface area contributed by atoms with E-state index in [9.17, 15) is 22.8 Å². The van der Waals surface area contributed by atoms with E-state index in [1.807, 2.05) is 17.7 Å². The number of hydrogen-bond donors (Lipinski definition) is 3. The van der Waals surface area contributed by atoms with Crippen LogP contribution in [0.3, 0.4) is 0 Å². The van der Waals surface area contributed by atoms with Crippen LogP contribution in [0.25, 0.3) is 11.0 Å². The Balaban J connectivity index is 1.26. The van der Waals surface area contributed by atoms with Crippen LogP contribution in [0.1, 0.15) is 60.9 Å². The molecule has 2 aliphatic rings. The summed E-state index contributed by atoms with van der Waals surface area (Å²) < 4.78 is 41.5. The maximum atomic E-state index is 13.2. The first kappa shape index (κ1) is 27.3. The summed E-state index contributed by atoms with van der Waals surface area (Å²) in [7, 11) is 1.82. The summed E-state index contributed by atoms with van der Waals surface area (Å²) in [5.74, 6) is -0.125. The van der Waals surface area contributed by atoms with Crippen LogP contribution >= 0.6 is 11.6 Å². The van der Waals surface area contributed by atoms with Gasteiger partial charge in [0, 0.05) is 25.7 Å². The summed E-state index contributed by atoms with van der Waals surface area (Å²) in [5, 5.41) is 9.01. The largest absolute Gasteiger partial charge is 0.403 e. The van der Waals surface area contributed by atoms with Crippen molar-refractivity contribution in [3.63, 3.8) is 0 Å². The molecular weight excluding hydrogens is 531 g/mol. The van der Waals surface area contributed by atoms with E-state index in [0.717, 1.165) is 18.4 Å². The molecule has 0 bridgehead atoms. The fourth-order valence-electron chi connectivity index (χ4n) is 5.20. The summed E-state index contributed by atoms with van der Waals surface area (Å²) >= 11 is 6.38. The Kier molecular flexibility index (Phi) is 7.50. The molecule has 2 amide bonds. The monoisotopic (exact) mass is 561 g/mol. The number of nitrogens with zero attached hydrogens (tertiary/aromatic N) is 2. The highest BCUT2D eigenvalue weighted by molar-refractivity contribution is 6.33. The van der Waals surface area contributed by atoms with Crippen molar-refractivity contribution in [2.24, 2.45) is 18.4 Å². The summed E-state index contributed by atoms with van der Waals surface area (Å²) in [6, 6.07) is 10.3. The van der Waals surface area contributed by atoms with Gasteiger partial charge in [0.25, 0.3) is 5.91 Å². The van der Waals surface area contributed by atoms with Gasteiger partial charge in [-0.1, -0.05) is 36.9 Å². The number of carbonyl (C=O) groups excluding carboxylic acids is 2. The summed E-state index contributed by atoms with van der Waals surface area (Å²) in [6.07, 6.45) is 1.08. The van der Waals surface area contributed by atoms with E-state index < -0.39 is 17.5 Å². The number of alkyl halides is 3. The van der Waals surface area contributed by atoms with Crippen molar-refractivity contribution < 1.29 is 22.8 Å². The minimum Gasteiger partial charge on any atom is -0.352 e. The number of hydrogen-bond acceptors (Lipinski definition) is 4. The lowest BCUT2D eigenvalue weighted by atomic mass is 9.89. The molecule has 208 valence electrons. The van der Waals surface area contributed by atoms with Crippen molar-refractivity contribution in [2.45, 2.75) is 57.7 Å². The molecule has 0 radical (unpaired) electrons. The number of aryl methyl sites for hydroxylation is 1. The lowest BCUT2D eigenvalue weighted by Gasteiger charge is -2.21. The maximum absolute atomic E-state index is 13.2. The van der Waals surface area contributed by atoms with Gasteiger partial charge < -0.3 is 20.5 Å². The van der Waals surface area contributed by atoms with Gasteiger partial charge in [-0.05, 0) is 67.5 Å². The van der Waals surface area contributed by atoms with Crippen LogP contribution in [0.5, 0.6) is 0 Å². The molecule has 7 nitrogen and oxygen atoms in total. The Morgan fingerprint density at radius 1 is 1.08 bits per heavy atom. The number of nitrogens with one attached hydrogen (secondary N) is 3. The van der Waals surface area contributed by atoms with Crippen molar-refractivity contribution in [3.05, 3.63) is 52.5 Å². The van der Waals surface area contributed by atoms with Gasteiger partial charge in [-0.3, -0.25) is 9.59 Å². The first-order chi connectivity index (χ1) is 18.6. The van der Waals surface area contributed by atoms with Crippen molar-refractivity contribution in [3.8, 4) is 0 Å². The number of benzene rings is 2. The van der Waals surface area contributed by atoms with E-state index >= 15 is 0 Å². The zero-order valence-corrected chi connectivity index (χ0v) is 22.4. The lowest BCUT2D eigenvalue weighted by molar-refractivity contribution is -0.192. The Morgan fingerprint density at radius 3 is 2.51 bits per heavy atom. The second kappa shape index (κ2) is 10.7. The summed E-state index contributed by atoms with van der Waals surface area (Å²) in [4.78, 5) is 29.6. The van der Waals surface area contributed by atoms with Gasteiger partial charge in [0.2, 0.25) is 11.9 Å². The average molecular weight is 562 g/mol. The Hall–Kier alpha value is -3.27. The molecule has 2 saturated carbocycles. The van der Waals surface area contributed by atoms with E-state index in [0.29, 0.717) is 45.8 Å². The SMILES string of the molecule is Cn1c(Nc2cc(CNC(=O)C3(C(F)(F)F)CC3)ccc2Cl)nc2cc(C(=O)NCC3CCCCC3)ccc21. The zero-order valence-electron chi connectivity index (χ0n) is 21.6. The molecule has 5 rings (SSSR count). The van der Waals surface area contributed by atoms with E-state index in [2.05, 4.69) is 20.9 Å². The fourth-order valence-corrected chi connectivity index (χ4v) is 5.36. The van der Waals surface area contributed by atoms with E-state index in [-0.39, 0.29) is 25.3 Å². The minimum absolute atomic E-state index is 0.0651. The molecule has 0 atom stereocenters. The van der Waals surface area contributed by atoms with Gasteiger partial charge in [-0.15, -0.1) is 0 Å². The molecular formula is C28H31ClF3N5O2. The average Bonchev–Trinajstić information content (AvgIpc) is 3.69. The van der Waals surface area contributed by atoms with Gasteiger partial charge in [-0.25, -0.2) is 4.98 Å². The second-order valence-corrected chi connectivity index (χ2v) is 11.0. The van der Waals surface area contributed by atoms with Gasteiger partial charge in [0.1, 0.15) is 5.41 Å². The van der Waals surface area contributed by atoms with Gasteiger partial charge >= 0.3 is 6.18 Å². The van der Waals surface area contributed by atoms with Crippen LogP contribution < -0.4 is 16.0 Å². The molecule has 0 spiro atoms. The Morgan fingerprint density at radius 2 is 1.82 bits per heavy atom. The van der Waals surface area contributed by atoms with Crippen LogP contribution in [0.15, 0.2) is 36.4 Å². The fraction of sp³-hybridized carbons (Fsp3) is 0.464. The van der Waals surface area contributed by atoms with Crippen LogP contribution in [-0.4, -0.2) is 34.1 Å². The molecule has 2 fully saturated rings. The van der Waals surface area contributed by atoms with Crippen LogP contribution in [0.2, 0.25) is 5.02 Å². The van der Waals surface area contributed by atoms with Crippen LogP contribution in [-0.2, 0) is 18.4 Å². The maximum Gasteiger partial charge on any atom is 0.403 e. The molecule has 3 aromatic rings. The van der Waals surface area contributed by atoms with Crippen molar-refractivity contribution in [2.75, 3.05) is 11.9 Å². The van der Waals surface area contributed by atoms with E-state index in [1.54, 1.807) is 30.3 Å². The third kappa shape index (κ3) is 5.71. The highest BCUT2D eigenvalue weighted by Crippen LogP contribution is 2.57. The highest BCUT2D eigenvalue weighted by atomic mass is 35.5. The number of amides is 2. The molecule has 1 heterocycles. The third-order valence-corrected chi connectivity index (χ3v) is 8.21. The number of halogens is 4. The molecule has 0 unspecified atom stereocenters. The Labute approximate surface area is 229 Å². The van der Waals surface area contributed by atoms with Crippen molar-refractivity contribution in [1.29, 1.82) is 0 Å². The lowest BCUT2D eigenvalue weighted by Crippen LogP contribution is -2.40. The molecule has 11 heteroatoms. The first-order valence-corrected chi connectivity index (χ1v) is 13.6. The van der Waals surface area contributed by atoms with Gasteiger partial charge in [0.05, 0.1) is 21.7 Å². The number of aromatic nitrogens is 2. The first-order valence-electron chi connectivity index (χ1n) is 13.2. The summed E-state index contributed by atoms with van der Waals surface area (Å²) in [6.45, 7) is 0.614. The number of carbonyl (C=O) groups is 2. The number of fused-ring (bicyclic) bond motifs is 1. The molecule has 2 aliphatic carbocycles. The molecule has 0 aliphatic heterocycles. The third-order valence-electron chi connectivity index (χ3n) is 7.88. The minimum atomic E-state index is -4.56. The topological polar surface area (TPSA) is 88.1 Å².